The summed E-state index contributed by atoms with van der Waals surface area (Å²) in [5.41, 5.74) is 2.15. The summed E-state index contributed by atoms with van der Waals surface area (Å²) in [7, 11) is 3.96. The number of aromatic nitrogens is 1. The zero-order valence-electron chi connectivity index (χ0n) is 16.7. The molecule has 0 unspecified atom stereocenters. The minimum Gasteiger partial charge on any atom is -0.362 e. The van der Waals surface area contributed by atoms with E-state index in [9.17, 15) is 4.39 Å². The van der Waals surface area contributed by atoms with Gasteiger partial charge in [0.2, 0.25) is 0 Å². The number of nitrogens with zero attached hydrogens (tertiary/aromatic N) is 3. The van der Waals surface area contributed by atoms with Crippen molar-refractivity contribution >= 4 is 35.8 Å². The molecule has 0 radical (unpaired) electrons. The topological polar surface area (TPSA) is 52.6 Å². The van der Waals surface area contributed by atoms with Crippen LogP contribution in [0.5, 0.6) is 0 Å². The second-order valence-corrected chi connectivity index (χ2v) is 7.22. The molecule has 1 aromatic carbocycles. The molecule has 3 rings (SSSR count). The van der Waals surface area contributed by atoms with E-state index in [-0.39, 0.29) is 35.2 Å². The Hall–Kier alpha value is -1.90. The predicted octanol–water partition coefficient (Wildman–Crippen LogP) is 3.69. The van der Waals surface area contributed by atoms with Gasteiger partial charge in [-0.25, -0.2) is 14.4 Å². The molecule has 2 aromatic rings. The number of pyridine rings is 1. The van der Waals surface area contributed by atoms with Crippen LogP contribution in [0.25, 0.3) is 0 Å². The third-order valence-electron chi connectivity index (χ3n) is 4.93. The lowest BCUT2D eigenvalue weighted by molar-refractivity contribution is 0.607. The molecule has 152 valence electrons. The largest absolute Gasteiger partial charge is 0.362 e. The lowest BCUT2D eigenvalue weighted by atomic mass is 9.96. The van der Waals surface area contributed by atoms with Crippen LogP contribution < -0.4 is 15.5 Å². The van der Waals surface area contributed by atoms with Crippen LogP contribution in [0.3, 0.4) is 0 Å². The Bertz CT molecular complexity index is 805. The summed E-state index contributed by atoms with van der Waals surface area (Å²) in [5.74, 6) is 1.52. The molecule has 1 aliphatic rings. The van der Waals surface area contributed by atoms with Crippen LogP contribution in [-0.2, 0) is 12.0 Å². The van der Waals surface area contributed by atoms with Gasteiger partial charge in [-0.3, -0.25) is 0 Å². The molecule has 0 amide bonds. The molecular weight excluding hydrogens is 468 g/mol. The second kappa shape index (κ2) is 10.0. The van der Waals surface area contributed by atoms with Gasteiger partial charge in [-0.1, -0.05) is 18.2 Å². The van der Waals surface area contributed by atoms with E-state index in [4.69, 9.17) is 4.99 Å². The average Bonchev–Trinajstić information content (AvgIpc) is 3.45. The first-order valence-corrected chi connectivity index (χ1v) is 9.43. The van der Waals surface area contributed by atoms with E-state index in [2.05, 4.69) is 15.6 Å². The first-order chi connectivity index (χ1) is 13.0. The highest BCUT2D eigenvalue weighted by Crippen LogP contribution is 2.47. The van der Waals surface area contributed by atoms with Crippen molar-refractivity contribution in [1.29, 1.82) is 0 Å². The summed E-state index contributed by atoms with van der Waals surface area (Å²) >= 11 is 0. The molecule has 0 saturated heterocycles. The summed E-state index contributed by atoms with van der Waals surface area (Å²) in [6.45, 7) is 4.12. The molecule has 1 heterocycles. The fraction of sp³-hybridized carbons (Fsp3) is 0.429. The molecule has 0 aliphatic heterocycles. The van der Waals surface area contributed by atoms with E-state index in [1.165, 1.54) is 6.07 Å². The summed E-state index contributed by atoms with van der Waals surface area (Å²) < 4.78 is 13.6. The molecule has 28 heavy (non-hydrogen) atoms. The molecule has 0 spiro atoms. The number of halogens is 2. The third kappa shape index (κ3) is 5.56. The van der Waals surface area contributed by atoms with Crippen LogP contribution in [0.4, 0.5) is 10.2 Å². The van der Waals surface area contributed by atoms with E-state index in [1.807, 2.05) is 44.1 Å². The van der Waals surface area contributed by atoms with Crippen molar-refractivity contribution < 1.29 is 4.39 Å². The number of aliphatic imine (C=N–C) groups is 1. The van der Waals surface area contributed by atoms with Crippen LogP contribution in [0.15, 0.2) is 47.6 Å². The van der Waals surface area contributed by atoms with E-state index in [1.54, 1.807) is 18.3 Å². The smallest absolute Gasteiger partial charge is 0.191 e. The van der Waals surface area contributed by atoms with Gasteiger partial charge in [-0.15, -0.1) is 24.0 Å². The number of hydrogen-bond donors (Lipinski definition) is 2. The Morgan fingerprint density at radius 2 is 2.00 bits per heavy atom. The summed E-state index contributed by atoms with van der Waals surface area (Å²) in [6.07, 6.45) is 3.92. The SMILES string of the molecule is CCNC(=NCc1cccnc1N(C)C)NCC1(c2cccc(F)c2)CC1.I. The molecule has 5 nitrogen and oxygen atoms in total. The fourth-order valence-electron chi connectivity index (χ4n) is 3.25. The lowest BCUT2D eigenvalue weighted by Crippen LogP contribution is -2.41. The Labute approximate surface area is 183 Å². The maximum Gasteiger partial charge on any atom is 0.191 e. The molecule has 2 N–H and O–H groups in total. The number of hydrogen-bond acceptors (Lipinski definition) is 3. The first-order valence-electron chi connectivity index (χ1n) is 9.43. The minimum absolute atomic E-state index is 0. The van der Waals surface area contributed by atoms with Gasteiger partial charge in [0.15, 0.2) is 5.96 Å². The molecule has 1 aromatic heterocycles. The van der Waals surface area contributed by atoms with Crippen molar-refractivity contribution in [1.82, 2.24) is 15.6 Å². The number of nitrogens with one attached hydrogen (secondary N) is 2. The number of anilines is 1. The highest BCUT2D eigenvalue weighted by Gasteiger charge is 2.44. The highest BCUT2D eigenvalue weighted by atomic mass is 127. The molecule has 0 bridgehead atoms. The van der Waals surface area contributed by atoms with Crippen molar-refractivity contribution in [3.8, 4) is 0 Å². The van der Waals surface area contributed by atoms with E-state index in [0.29, 0.717) is 6.54 Å². The third-order valence-corrected chi connectivity index (χ3v) is 4.93. The molecular formula is C21H29FIN5. The quantitative estimate of drug-likeness (QED) is 0.348. The minimum atomic E-state index is -0.174. The zero-order valence-corrected chi connectivity index (χ0v) is 19.0. The van der Waals surface area contributed by atoms with Crippen LogP contribution >= 0.6 is 24.0 Å². The standard InChI is InChI=1S/C21H28FN5.HI/c1-4-23-20(25-14-16-7-6-12-24-19(16)27(2)3)26-15-21(10-11-21)17-8-5-9-18(22)13-17;/h5-9,12-13H,4,10-11,14-15H2,1-3H3,(H2,23,25,26);1H. The van der Waals surface area contributed by atoms with Crippen LogP contribution in [0.1, 0.15) is 30.9 Å². The zero-order chi connectivity index (χ0) is 19.3. The van der Waals surface area contributed by atoms with E-state index in [0.717, 1.165) is 48.8 Å². The van der Waals surface area contributed by atoms with Gasteiger partial charge >= 0.3 is 0 Å². The van der Waals surface area contributed by atoms with Gasteiger partial charge in [0.1, 0.15) is 11.6 Å². The molecule has 1 fully saturated rings. The Morgan fingerprint density at radius 1 is 1.21 bits per heavy atom. The highest BCUT2D eigenvalue weighted by molar-refractivity contribution is 14.0. The van der Waals surface area contributed by atoms with Crippen molar-refractivity contribution in [3.05, 3.63) is 59.5 Å². The van der Waals surface area contributed by atoms with Crippen LogP contribution in [0.2, 0.25) is 0 Å². The summed E-state index contributed by atoms with van der Waals surface area (Å²) in [4.78, 5) is 11.1. The fourth-order valence-corrected chi connectivity index (χ4v) is 3.25. The molecule has 1 saturated carbocycles. The molecule has 0 atom stereocenters. The van der Waals surface area contributed by atoms with Crippen molar-refractivity contribution in [2.24, 2.45) is 4.99 Å². The summed E-state index contributed by atoms with van der Waals surface area (Å²) in [6, 6.07) is 10.9. The van der Waals surface area contributed by atoms with Crippen LogP contribution in [0, 0.1) is 5.82 Å². The van der Waals surface area contributed by atoms with Crippen molar-refractivity contribution in [3.63, 3.8) is 0 Å². The molecule has 7 heteroatoms. The summed E-state index contributed by atoms with van der Waals surface area (Å²) in [5, 5.41) is 6.74. The monoisotopic (exact) mass is 497 g/mol. The van der Waals surface area contributed by atoms with Gasteiger partial charge in [0.25, 0.3) is 0 Å². The van der Waals surface area contributed by atoms with Gasteiger partial charge in [0, 0.05) is 44.4 Å². The maximum atomic E-state index is 13.6. The average molecular weight is 497 g/mol. The number of guanidine groups is 1. The Morgan fingerprint density at radius 3 is 2.64 bits per heavy atom. The first kappa shape index (κ1) is 22.4. The maximum absolute atomic E-state index is 13.6. The predicted molar refractivity (Wildman–Crippen MR) is 124 cm³/mol. The van der Waals surface area contributed by atoms with Gasteiger partial charge in [-0.05, 0) is 43.5 Å². The number of benzene rings is 1. The van der Waals surface area contributed by atoms with E-state index >= 15 is 0 Å². The normalized spacial score (nSPS) is 14.8. The lowest BCUT2D eigenvalue weighted by Gasteiger charge is -2.19. The Kier molecular flexibility index (Phi) is 8.03. The Balaban J connectivity index is 0.00000280. The van der Waals surface area contributed by atoms with Crippen molar-refractivity contribution in [2.45, 2.75) is 31.7 Å². The number of rotatable bonds is 7. The van der Waals surface area contributed by atoms with Crippen LogP contribution in [-0.4, -0.2) is 38.1 Å². The van der Waals surface area contributed by atoms with Crippen molar-refractivity contribution in [2.75, 3.05) is 32.1 Å². The molecule has 1 aliphatic carbocycles. The van der Waals surface area contributed by atoms with Gasteiger partial charge < -0.3 is 15.5 Å². The van der Waals surface area contributed by atoms with Gasteiger partial charge in [-0.2, -0.15) is 0 Å². The van der Waals surface area contributed by atoms with E-state index < -0.39 is 0 Å². The second-order valence-electron chi connectivity index (χ2n) is 7.22. The van der Waals surface area contributed by atoms with Gasteiger partial charge in [0.05, 0.1) is 6.54 Å².